The van der Waals surface area contributed by atoms with E-state index in [1.54, 1.807) is 13.0 Å². The number of sulfonamides is 1. The van der Waals surface area contributed by atoms with Crippen molar-refractivity contribution in [1.29, 1.82) is 0 Å². The SMILES string of the molecule is Cc1c(N(CCO)C2CC2)cc(N)cc1S(N)(=O)=O. The monoisotopic (exact) mass is 285 g/mol. The lowest BCUT2D eigenvalue weighted by molar-refractivity contribution is 0.301. The van der Waals surface area contributed by atoms with Crippen LogP contribution in [-0.4, -0.2) is 32.7 Å². The molecule has 0 amide bonds. The van der Waals surface area contributed by atoms with Gasteiger partial charge < -0.3 is 15.7 Å². The Morgan fingerprint density at radius 1 is 1.42 bits per heavy atom. The largest absolute Gasteiger partial charge is 0.399 e. The Morgan fingerprint density at radius 2 is 2.05 bits per heavy atom. The maximum Gasteiger partial charge on any atom is 0.238 e. The Hall–Kier alpha value is -1.31. The zero-order valence-electron chi connectivity index (χ0n) is 10.8. The normalized spacial score (nSPS) is 15.5. The molecule has 6 nitrogen and oxygen atoms in total. The third-order valence-electron chi connectivity index (χ3n) is 3.30. The summed E-state index contributed by atoms with van der Waals surface area (Å²) in [6.07, 6.45) is 2.08. The van der Waals surface area contributed by atoms with E-state index < -0.39 is 10.0 Å². The Bertz CT molecular complexity index is 582. The average Bonchev–Trinajstić information content (AvgIpc) is 3.11. The summed E-state index contributed by atoms with van der Waals surface area (Å²) in [5.41, 5.74) is 7.44. The molecule has 0 saturated heterocycles. The van der Waals surface area contributed by atoms with Crippen molar-refractivity contribution in [2.24, 2.45) is 5.14 Å². The molecule has 0 heterocycles. The fourth-order valence-electron chi connectivity index (χ4n) is 2.28. The van der Waals surface area contributed by atoms with Crippen molar-refractivity contribution in [3.63, 3.8) is 0 Å². The second-order valence-corrected chi connectivity index (χ2v) is 6.39. The lowest BCUT2D eigenvalue weighted by Crippen LogP contribution is -2.30. The van der Waals surface area contributed by atoms with Crippen LogP contribution in [0.3, 0.4) is 0 Å². The molecule has 1 aliphatic carbocycles. The van der Waals surface area contributed by atoms with Crippen LogP contribution in [0.5, 0.6) is 0 Å². The molecule has 2 rings (SSSR count). The number of nitrogen functional groups attached to an aromatic ring is 1. The number of primary sulfonamides is 1. The Kier molecular flexibility index (Phi) is 3.71. The second-order valence-electron chi connectivity index (χ2n) is 4.86. The molecule has 1 aromatic rings. The molecule has 5 N–H and O–H groups in total. The molecule has 106 valence electrons. The summed E-state index contributed by atoms with van der Waals surface area (Å²) in [5, 5.41) is 14.4. The number of benzene rings is 1. The van der Waals surface area contributed by atoms with Gasteiger partial charge in [0.2, 0.25) is 10.0 Å². The van der Waals surface area contributed by atoms with E-state index in [2.05, 4.69) is 0 Å². The van der Waals surface area contributed by atoms with Gasteiger partial charge in [-0.2, -0.15) is 0 Å². The van der Waals surface area contributed by atoms with Crippen molar-refractivity contribution in [2.75, 3.05) is 23.8 Å². The van der Waals surface area contributed by atoms with Gasteiger partial charge in [0.1, 0.15) is 0 Å². The molecule has 7 heteroatoms. The van der Waals surface area contributed by atoms with Crippen molar-refractivity contribution in [2.45, 2.75) is 30.7 Å². The van der Waals surface area contributed by atoms with Crippen LogP contribution in [0.25, 0.3) is 0 Å². The summed E-state index contributed by atoms with van der Waals surface area (Å²) in [5.74, 6) is 0. The van der Waals surface area contributed by atoms with Gasteiger partial charge in [-0.1, -0.05) is 0 Å². The summed E-state index contributed by atoms with van der Waals surface area (Å²) in [6, 6.07) is 3.46. The summed E-state index contributed by atoms with van der Waals surface area (Å²) in [7, 11) is -3.80. The predicted octanol–water partition coefficient (Wildman–Crippen LogP) is 0.186. The quantitative estimate of drug-likeness (QED) is 0.669. The topological polar surface area (TPSA) is 110 Å². The number of hydrogen-bond acceptors (Lipinski definition) is 5. The van der Waals surface area contributed by atoms with Gasteiger partial charge in [0.25, 0.3) is 0 Å². The lowest BCUT2D eigenvalue weighted by atomic mass is 10.1. The van der Waals surface area contributed by atoms with Crippen LogP contribution < -0.4 is 15.8 Å². The van der Waals surface area contributed by atoms with E-state index in [1.807, 2.05) is 4.90 Å². The molecular formula is C12H19N3O3S. The van der Waals surface area contributed by atoms with Gasteiger partial charge in [0.05, 0.1) is 11.5 Å². The van der Waals surface area contributed by atoms with Crippen LogP contribution in [0.2, 0.25) is 0 Å². The summed E-state index contributed by atoms with van der Waals surface area (Å²) >= 11 is 0. The van der Waals surface area contributed by atoms with E-state index >= 15 is 0 Å². The standard InChI is InChI=1S/C12H19N3O3S/c1-8-11(15(4-5-16)10-2-3-10)6-9(13)7-12(8)19(14,17)18/h6-7,10,16H,2-5,13H2,1H3,(H2,14,17,18). The van der Waals surface area contributed by atoms with Gasteiger partial charge in [-0.25, -0.2) is 13.6 Å². The molecule has 1 aromatic carbocycles. The van der Waals surface area contributed by atoms with Crippen LogP contribution in [0.1, 0.15) is 18.4 Å². The number of rotatable bonds is 5. The fraction of sp³-hybridized carbons (Fsp3) is 0.500. The van der Waals surface area contributed by atoms with Gasteiger partial charge in [0, 0.05) is 24.0 Å². The van der Waals surface area contributed by atoms with E-state index in [0.717, 1.165) is 18.5 Å². The number of hydrogen-bond donors (Lipinski definition) is 3. The highest BCUT2D eigenvalue weighted by atomic mass is 32.2. The highest BCUT2D eigenvalue weighted by Crippen LogP contribution is 2.36. The molecule has 0 aromatic heterocycles. The summed E-state index contributed by atoms with van der Waals surface area (Å²) < 4.78 is 23.2. The number of aliphatic hydroxyl groups is 1. The van der Waals surface area contributed by atoms with Gasteiger partial charge in [-0.3, -0.25) is 0 Å². The van der Waals surface area contributed by atoms with Crippen LogP contribution in [0.15, 0.2) is 17.0 Å². The van der Waals surface area contributed by atoms with E-state index in [9.17, 15) is 8.42 Å². The first-order chi connectivity index (χ1) is 8.84. The Balaban J connectivity index is 2.53. The van der Waals surface area contributed by atoms with E-state index in [-0.39, 0.29) is 11.5 Å². The number of aliphatic hydroxyl groups excluding tert-OH is 1. The number of anilines is 2. The van der Waals surface area contributed by atoms with Gasteiger partial charge in [0.15, 0.2) is 0 Å². The molecule has 0 spiro atoms. The van der Waals surface area contributed by atoms with E-state index in [1.165, 1.54) is 6.07 Å². The molecule has 1 fully saturated rings. The van der Waals surface area contributed by atoms with Crippen molar-refractivity contribution < 1.29 is 13.5 Å². The lowest BCUT2D eigenvalue weighted by Gasteiger charge is -2.26. The van der Waals surface area contributed by atoms with Crippen molar-refractivity contribution >= 4 is 21.4 Å². The van der Waals surface area contributed by atoms with E-state index in [4.69, 9.17) is 16.0 Å². The van der Waals surface area contributed by atoms with Gasteiger partial charge in [-0.15, -0.1) is 0 Å². The molecule has 19 heavy (non-hydrogen) atoms. The molecule has 0 unspecified atom stereocenters. The van der Waals surface area contributed by atoms with Crippen molar-refractivity contribution in [3.8, 4) is 0 Å². The molecule has 0 atom stereocenters. The zero-order chi connectivity index (χ0) is 14.2. The molecule has 0 radical (unpaired) electrons. The van der Waals surface area contributed by atoms with Crippen LogP contribution in [0.4, 0.5) is 11.4 Å². The van der Waals surface area contributed by atoms with Crippen LogP contribution in [-0.2, 0) is 10.0 Å². The molecule has 1 saturated carbocycles. The highest BCUT2D eigenvalue weighted by Gasteiger charge is 2.31. The minimum atomic E-state index is -3.80. The maximum atomic E-state index is 11.6. The Morgan fingerprint density at radius 3 is 2.53 bits per heavy atom. The minimum Gasteiger partial charge on any atom is -0.399 e. The Labute approximate surface area is 113 Å². The van der Waals surface area contributed by atoms with Crippen LogP contribution in [0, 0.1) is 6.92 Å². The van der Waals surface area contributed by atoms with Crippen LogP contribution >= 0.6 is 0 Å². The number of nitrogens with zero attached hydrogens (tertiary/aromatic N) is 1. The van der Waals surface area contributed by atoms with E-state index in [0.29, 0.717) is 23.8 Å². The smallest absolute Gasteiger partial charge is 0.238 e. The first kappa shape index (κ1) is 14.1. The third kappa shape index (κ3) is 2.99. The summed E-state index contributed by atoms with van der Waals surface area (Å²) in [4.78, 5) is 2.05. The van der Waals surface area contributed by atoms with Gasteiger partial charge >= 0.3 is 0 Å². The van der Waals surface area contributed by atoms with Crippen molar-refractivity contribution in [1.82, 2.24) is 0 Å². The molecule has 0 bridgehead atoms. The highest BCUT2D eigenvalue weighted by molar-refractivity contribution is 7.89. The molecule has 0 aliphatic heterocycles. The third-order valence-corrected chi connectivity index (χ3v) is 4.34. The predicted molar refractivity (Wildman–Crippen MR) is 74.4 cm³/mol. The molecular weight excluding hydrogens is 266 g/mol. The minimum absolute atomic E-state index is 0.00937. The van der Waals surface area contributed by atoms with Gasteiger partial charge in [-0.05, 0) is 37.5 Å². The second kappa shape index (κ2) is 4.99. The maximum absolute atomic E-state index is 11.6. The fourth-order valence-corrected chi connectivity index (χ4v) is 3.11. The molecule has 1 aliphatic rings. The average molecular weight is 285 g/mol. The first-order valence-corrected chi connectivity index (χ1v) is 7.69. The van der Waals surface area contributed by atoms with Crippen molar-refractivity contribution in [3.05, 3.63) is 17.7 Å². The number of nitrogens with two attached hydrogens (primary N) is 2. The summed E-state index contributed by atoms with van der Waals surface area (Å²) in [6.45, 7) is 2.18. The zero-order valence-corrected chi connectivity index (χ0v) is 11.7. The first-order valence-electron chi connectivity index (χ1n) is 6.15.